The Balaban J connectivity index is 2.62. The zero-order valence-corrected chi connectivity index (χ0v) is 12.5. The standard InChI is InChI=1S/C14H29N3O/c1-10(2)13(15)14(18)17-8-6-7-12(17)9-16(5)11(3)4/h10-13H,6-9,15H2,1-5H3/t12-,13+/m1/s1. The second-order valence-corrected chi connectivity index (χ2v) is 6.13. The second-order valence-electron chi connectivity index (χ2n) is 6.13. The van der Waals surface area contributed by atoms with Crippen LogP contribution >= 0.6 is 0 Å². The van der Waals surface area contributed by atoms with Crippen molar-refractivity contribution in [3.05, 3.63) is 0 Å². The Morgan fingerprint density at radius 3 is 2.50 bits per heavy atom. The molecule has 1 amide bonds. The Hall–Kier alpha value is -0.610. The number of amides is 1. The van der Waals surface area contributed by atoms with Gasteiger partial charge in [0.05, 0.1) is 6.04 Å². The molecule has 1 aliphatic rings. The Bertz CT molecular complexity index is 278. The quantitative estimate of drug-likeness (QED) is 0.805. The molecular weight excluding hydrogens is 226 g/mol. The van der Waals surface area contributed by atoms with Crippen molar-refractivity contribution in [3.63, 3.8) is 0 Å². The summed E-state index contributed by atoms with van der Waals surface area (Å²) in [6, 6.07) is 0.506. The molecule has 1 rings (SSSR count). The molecule has 0 radical (unpaired) electrons. The number of hydrogen-bond acceptors (Lipinski definition) is 3. The third-order valence-electron chi connectivity index (χ3n) is 4.04. The van der Waals surface area contributed by atoms with Crippen LogP contribution in [-0.2, 0) is 4.79 Å². The molecular formula is C14H29N3O. The Morgan fingerprint density at radius 2 is 2.00 bits per heavy atom. The van der Waals surface area contributed by atoms with Crippen LogP contribution in [0.1, 0.15) is 40.5 Å². The third-order valence-corrected chi connectivity index (χ3v) is 4.04. The van der Waals surface area contributed by atoms with Crippen molar-refractivity contribution in [2.75, 3.05) is 20.1 Å². The fourth-order valence-corrected chi connectivity index (χ4v) is 2.34. The van der Waals surface area contributed by atoms with Crippen molar-refractivity contribution in [2.45, 2.75) is 58.7 Å². The van der Waals surface area contributed by atoms with Crippen molar-refractivity contribution < 1.29 is 4.79 Å². The van der Waals surface area contributed by atoms with E-state index in [1.54, 1.807) is 0 Å². The fourth-order valence-electron chi connectivity index (χ4n) is 2.34. The Morgan fingerprint density at radius 1 is 1.39 bits per heavy atom. The van der Waals surface area contributed by atoms with Gasteiger partial charge in [0.1, 0.15) is 0 Å². The van der Waals surface area contributed by atoms with Crippen LogP contribution in [0.25, 0.3) is 0 Å². The van der Waals surface area contributed by atoms with E-state index in [9.17, 15) is 4.79 Å². The van der Waals surface area contributed by atoms with E-state index in [0.717, 1.165) is 25.9 Å². The number of likely N-dealkylation sites (N-methyl/N-ethyl adjacent to an activating group) is 1. The van der Waals surface area contributed by atoms with Gasteiger partial charge in [-0.05, 0) is 39.7 Å². The molecule has 1 aliphatic heterocycles. The van der Waals surface area contributed by atoms with Gasteiger partial charge in [-0.15, -0.1) is 0 Å². The van der Waals surface area contributed by atoms with E-state index in [1.807, 2.05) is 18.7 Å². The predicted molar refractivity (Wildman–Crippen MR) is 75.3 cm³/mol. The molecule has 4 heteroatoms. The first-order valence-corrected chi connectivity index (χ1v) is 7.11. The number of likely N-dealkylation sites (tertiary alicyclic amines) is 1. The maximum absolute atomic E-state index is 12.3. The lowest BCUT2D eigenvalue weighted by Crippen LogP contribution is -2.51. The maximum Gasteiger partial charge on any atom is 0.240 e. The van der Waals surface area contributed by atoms with Crippen molar-refractivity contribution in [3.8, 4) is 0 Å². The molecule has 0 saturated carbocycles. The van der Waals surface area contributed by atoms with Gasteiger partial charge >= 0.3 is 0 Å². The first kappa shape index (κ1) is 15.4. The van der Waals surface area contributed by atoms with Crippen molar-refractivity contribution in [1.29, 1.82) is 0 Å². The minimum Gasteiger partial charge on any atom is -0.337 e. The van der Waals surface area contributed by atoms with Gasteiger partial charge in [0, 0.05) is 25.2 Å². The van der Waals surface area contributed by atoms with Crippen LogP contribution in [-0.4, -0.2) is 54.0 Å². The van der Waals surface area contributed by atoms with Crippen molar-refractivity contribution >= 4 is 5.91 Å². The topological polar surface area (TPSA) is 49.6 Å². The molecule has 0 aromatic rings. The summed E-state index contributed by atoms with van der Waals surface area (Å²) < 4.78 is 0. The molecule has 1 fully saturated rings. The van der Waals surface area contributed by atoms with E-state index in [-0.39, 0.29) is 17.9 Å². The molecule has 18 heavy (non-hydrogen) atoms. The summed E-state index contributed by atoms with van der Waals surface area (Å²) >= 11 is 0. The summed E-state index contributed by atoms with van der Waals surface area (Å²) in [7, 11) is 2.12. The minimum atomic E-state index is -0.352. The van der Waals surface area contributed by atoms with E-state index < -0.39 is 0 Å². The number of nitrogens with zero attached hydrogens (tertiary/aromatic N) is 2. The zero-order valence-electron chi connectivity index (χ0n) is 12.5. The molecule has 0 spiro atoms. The van der Waals surface area contributed by atoms with Gasteiger partial charge in [0.15, 0.2) is 0 Å². The SMILES string of the molecule is CC(C)[C@H](N)C(=O)N1CCC[C@@H]1CN(C)C(C)C. The highest BCUT2D eigenvalue weighted by molar-refractivity contribution is 5.82. The van der Waals surface area contributed by atoms with Gasteiger partial charge in [-0.3, -0.25) is 4.79 Å². The van der Waals surface area contributed by atoms with E-state index in [0.29, 0.717) is 12.1 Å². The predicted octanol–water partition coefficient (Wildman–Crippen LogP) is 1.30. The van der Waals surface area contributed by atoms with Gasteiger partial charge in [-0.1, -0.05) is 13.8 Å². The molecule has 2 N–H and O–H groups in total. The highest BCUT2D eigenvalue weighted by atomic mass is 16.2. The van der Waals surface area contributed by atoms with Crippen LogP contribution in [0.5, 0.6) is 0 Å². The first-order chi connectivity index (χ1) is 8.34. The van der Waals surface area contributed by atoms with Gasteiger partial charge in [-0.25, -0.2) is 0 Å². The molecule has 0 unspecified atom stereocenters. The molecule has 0 aliphatic carbocycles. The average Bonchev–Trinajstić information content (AvgIpc) is 2.74. The number of carbonyl (C=O) groups excluding carboxylic acids is 1. The van der Waals surface area contributed by atoms with Gasteiger partial charge < -0.3 is 15.5 Å². The van der Waals surface area contributed by atoms with Gasteiger partial charge in [0.2, 0.25) is 5.91 Å². The highest BCUT2D eigenvalue weighted by Gasteiger charge is 2.33. The van der Waals surface area contributed by atoms with Crippen LogP contribution in [0.3, 0.4) is 0 Å². The molecule has 1 heterocycles. The number of hydrogen-bond donors (Lipinski definition) is 1. The maximum atomic E-state index is 12.3. The summed E-state index contributed by atoms with van der Waals surface area (Å²) in [5.41, 5.74) is 5.99. The third kappa shape index (κ3) is 3.69. The van der Waals surface area contributed by atoms with Gasteiger partial charge in [-0.2, -0.15) is 0 Å². The Kier molecular flexibility index (Phi) is 5.60. The van der Waals surface area contributed by atoms with E-state index in [2.05, 4.69) is 25.8 Å². The van der Waals surface area contributed by atoms with E-state index in [4.69, 9.17) is 5.73 Å². The first-order valence-electron chi connectivity index (χ1n) is 7.11. The molecule has 0 aromatic heterocycles. The number of nitrogens with two attached hydrogens (primary N) is 1. The van der Waals surface area contributed by atoms with Gasteiger partial charge in [0.25, 0.3) is 0 Å². The van der Waals surface area contributed by atoms with Crippen molar-refractivity contribution in [1.82, 2.24) is 9.80 Å². The minimum absolute atomic E-state index is 0.129. The Labute approximate surface area is 111 Å². The molecule has 0 bridgehead atoms. The van der Waals surface area contributed by atoms with E-state index in [1.165, 1.54) is 0 Å². The smallest absolute Gasteiger partial charge is 0.240 e. The fraction of sp³-hybridized carbons (Fsp3) is 0.929. The molecule has 1 saturated heterocycles. The lowest BCUT2D eigenvalue weighted by atomic mass is 10.0. The zero-order chi connectivity index (χ0) is 13.9. The van der Waals surface area contributed by atoms with Crippen LogP contribution in [0.15, 0.2) is 0 Å². The van der Waals surface area contributed by atoms with E-state index >= 15 is 0 Å². The van der Waals surface area contributed by atoms with Crippen LogP contribution in [0.4, 0.5) is 0 Å². The lowest BCUT2D eigenvalue weighted by molar-refractivity contribution is -0.134. The van der Waals surface area contributed by atoms with Crippen molar-refractivity contribution in [2.24, 2.45) is 11.7 Å². The molecule has 2 atom stereocenters. The number of rotatable bonds is 5. The molecule has 4 nitrogen and oxygen atoms in total. The molecule has 106 valence electrons. The summed E-state index contributed by atoms with van der Waals surface area (Å²) in [4.78, 5) is 16.6. The summed E-state index contributed by atoms with van der Waals surface area (Å²) in [5, 5.41) is 0. The van der Waals surface area contributed by atoms with Crippen LogP contribution < -0.4 is 5.73 Å². The average molecular weight is 255 g/mol. The largest absolute Gasteiger partial charge is 0.337 e. The lowest BCUT2D eigenvalue weighted by Gasteiger charge is -2.32. The number of carbonyl (C=O) groups is 1. The second kappa shape index (κ2) is 6.53. The summed E-state index contributed by atoms with van der Waals surface area (Å²) in [6.45, 7) is 10.2. The monoisotopic (exact) mass is 255 g/mol. The van der Waals surface area contributed by atoms with Crippen LogP contribution in [0, 0.1) is 5.92 Å². The molecule has 0 aromatic carbocycles. The highest BCUT2D eigenvalue weighted by Crippen LogP contribution is 2.20. The van der Waals surface area contributed by atoms with Crippen LogP contribution in [0.2, 0.25) is 0 Å². The summed E-state index contributed by atoms with van der Waals surface area (Å²) in [5.74, 6) is 0.339. The summed E-state index contributed by atoms with van der Waals surface area (Å²) in [6.07, 6.45) is 2.21. The normalized spacial score (nSPS) is 22.3.